The molecule has 0 N–H and O–H groups in total. The Morgan fingerprint density at radius 3 is 2.40 bits per heavy atom. The molecule has 3 aromatic rings. The zero-order chi connectivity index (χ0) is 21.7. The van der Waals surface area contributed by atoms with Crippen LogP contribution in [-0.4, -0.2) is 5.75 Å². The molecule has 0 atom stereocenters. The lowest BCUT2D eigenvalue weighted by molar-refractivity contribution is -0.137. The van der Waals surface area contributed by atoms with Gasteiger partial charge in [-0.25, -0.2) is 0 Å². The number of hydrogen-bond acceptors (Lipinski definition) is 3. The highest BCUT2D eigenvalue weighted by Crippen LogP contribution is 2.34. The Kier molecular flexibility index (Phi) is 7.19. The third kappa shape index (κ3) is 5.63. The fourth-order valence-electron chi connectivity index (χ4n) is 3.12. The van der Waals surface area contributed by atoms with Gasteiger partial charge in [-0.05, 0) is 41.6 Å². The van der Waals surface area contributed by atoms with E-state index in [2.05, 4.69) is 13.0 Å². The number of thioether (sulfide) groups is 1. The van der Waals surface area contributed by atoms with Gasteiger partial charge < -0.3 is 9.15 Å². The summed E-state index contributed by atoms with van der Waals surface area (Å²) in [5.41, 5.74) is 2.04. The molecule has 0 saturated heterocycles. The summed E-state index contributed by atoms with van der Waals surface area (Å²) in [6, 6.07) is 14.9. The maximum Gasteiger partial charge on any atom is 0.416 e. The van der Waals surface area contributed by atoms with E-state index in [0.29, 0.717) is 17.9 Å². The van der Waals surface area contributed by atoms with Gasteiger partial charge in [-0.1, -0.05) is 45.0 Å². The van der Waals surface area contributed by atoms with Crippen LogP contribution >= 0.6 is 11.8 Å². The highest BCUT2D eigenvalue weighted by atomic mass is 32.2. The monoisotopic (exact) mass is 434 g/mol. The third-order valence-electron chi connectivity index (χ3n) is 4.63. The first kappa shape index (κ1) is 22.3. The lowest BCUT2D eigenvalue weighted by Crippen LogP contribution is -2.03. The van der Waals surface area contributed by atoms with Crippen LogP contribution in [-0.2, 0) is 18.5 Å². The number of hydrogen-bond donors (Lipinski definition) is 0. The highest BCUT2D eigenvalue weighted by molar-refractivity contribution is 7.98. The van der Waals surface area contributed by atoms with E-state index in [1.165, 1.54) is 17.7 Å². The molecule has 0 bridgehead atoms. The van der Waals surface area contributed by atoms with Crippen LogP contribution in [0, 0.1) is 0 Å². The maximum atomic E-state index is 12.8. The van der Waals surface area contributed by atoms with Crippen LogP contribution in [0.4, 0.5) is 13.2 Å². The smallest absolute Gasteiger partial charge is 0.416 e. The van der Waals surface area contributed by atoms with E-state index < -0.39 is 11.7 Å². The van der Waals surface area contributed by atoms with Crippen molar-refractivity contribution in [1.29, 1.82) is 0 Å². The summed E-state index contributed by atoms with van der Waals surface area (Å²) in [5.74, 6) is 4.23. The summed E-state index contributed by atoms with van der Waals surface area (Å²) < 4.78 is 50.4. The predicted octanol–water partition coefficient (Wildman–Crippen LogP) is 7.92. The van der Waals surface area contributed by atoms with Gasteiger partial charge in [0.25, 0.3) is 0 Å². The Hall–Kier alpha value is -2.34. The molecule has 0 amide bonds. The average Bonchev–Trinajstić information content (AvgIpc) is 3.15. The fourth-order valence-corrected chi connectivity index (χ4v) is 3.74. The van der Waals surface area contributed by atoms with Crippen LogP contribution in [0.5, 0.6) is 5.75 Å². The molecule has 0 aliphatic carbocycles. The standard InChI is InChI=1S/C24H25F3O2S/c1-4-30-15-17-6-5-7-21(12-17)28-14-19-13-22(29-23(19)16(2)3)18-8-10-20(11-9-18)24(25,26)27/h5-13,16H,4,14-15H2,1-3H3. The number of rotatable bonds is 8. The molecule has 0 fully saturated rings. The van der Waals surface area contributed by atoms with Gasteiger partial charge in [-0.3, -0.25) is 0 Å². The van der Waals surface area contributed by atoms with Crippen LogP contribution in [0.1, 0.15) is 49.1 Å². The van der Waals surface area contributed by atoms with Gasteiger partial charge in [-0.2, -0.15) is 24.9 Å². The largest absolute Gasteiger partial charge is 0.489 e. The number of alkyl halides is 3. The zero-order valence-corrected chi connectivity index (χ0v) is 18.1. The quantitative estimate of drug-likeness (QED) is 0.359. The topological polar surface area (TPSA) is 22.4 Å². The Morgan fingerprint density at radius 2 is 1.77 bits per heavy atom. The van der Waals surface area contributed by atoms with Crippen LogP contribution < -0.4 is 4.74 Å². The molecule has 0 spiro atoms. The van der Waals surface area contributed by atoms with E-state index in [9.17, 15) is 13.2 Å². The van der Waals surface area contributed by atoms with E-state index in [-0.39, 0.29) is 5.92 Å². The minimum Gasteiger partial charge on any atom is -0.489 e. The molecule has 30 heavy (non-hydrogen) atoms. The van der Waals surface area contributed by atoms with Crippen molar-refractivity contribution in [2.45, 2.75) is 45.2 Å². The molecular formula is C24H25F3O2S. The number of halogens is 3. The molecule has 6 heteroatoms. The molecule has 0 aliphatic rings. The molecule has 3 rings (SSSR count). The number of furan rings is 1. The van der Waals surface area contributed by atoms with Crippen LogP contribution in [0.2, 0.25) is 0 Å². The van der Waals surface area contributed by atoms with Crippen molar-refractivity contribution >= 4 is 11.8 Å². The second-order valence-electron chi connectivity index (χ2n) is 7.30. The van der Waals surface area contributed by atoms with E-state index in [1.807, 2.05) is 49.9 Å². The summed E-state index contributed by atoms with van der Waals surface area (Å²) in [4.78, 5) is 0. The van der Waals surface area contributed by atoms with E-state index in [0.717, 1.165) is 40.7 Å². The molecule has 2 nitrogen and oxygen atoms in total. The van der Waals surface area contributed by atoms with Gasteiger partial charge in [0.05, 0.1) is 5.56 Å². The SMILES string of the molecule is CCSCc1cccc(OCc2cc(-c3ccc(C(F)(F)F)cc3)oc2C(C)C)c1. The van der Waals surface area contributed by atoms with E-state index in [1.54, 1.807) is 0 Å². The molecular weight excluding hydrogens is 409 g/mol. The summed E-state index contributed by atoms with van der Waals surface area (Å²) in [7, 11) is 0. The van der Waals surface area contributed by atoms with Crippen molar-refractivity contribution in [3.8, 4) is 17.1 Å². The predicted molar refractivity (Wildman–Crippen MR) is 116 cm³/mol. The normalized spacial score (nSPS) is 11.8. The second-order valence-corrected chi connectivity index (χ2v) is 8.58. The summed E-state index contributed by atoms with van der Waals surface area (Å²) in [6.45, 7) is 6.50. The van der Waals surface area contributed by atoms with Gasteiger partial charge in [-0.15, -0.1) is 0 Å². The molecule has 0 radical (unpaired) electrons. The van der Waals surface area contributed by atoms with Gasteiger partial charge >= 0.3 is 6.18 Å². The Morgan fingerprint density at radius 1 is 1.03 bits per heavy atom. The first-order chi connectivity index (χ1) is 14.3. The molecule has 0 unspecified atom stereocenters. The third-order valence-corrected chi connectivity index (χ3v) is 5.57. The van der Waals surface area contributed by atoms with Crippen LogP contribution in [0.25, 0.3) is 11.3 Å². The highest BCUT2D eigenvalue weighted by Gasteiger charge is 2.30. The number of ether oxygens (including phenoxy) is 1. The van der Waals surface area contributed by atoms with Gasteiger partial charge in [0.2, 0.25) is 0 Å². The summed E-state index contributed by atoms with van der Waals surface area (Å²) >= 11 is 1.85. The van der Waals surface area contributed by atoms with Crippen molar-refractivity contribution in [2.75, 3.05) is 5.75 Å². The first-order valence-electron chi connectivity index (χ1n) is 9.87. The lowest BCUT2D eigenvalue weighted by atomic mass is 10.1. The summed E-state index contributed by atoms with van der Waals surface area (Å²) in [6.07, 6.45) is -4.35. The summed E-state index contributed by atoms with van der Waals surface area (Å²) in [5, 5.41) is 0. The Labute approximate surface area is 179 Å². The van der Waals surface area contributed by atoms with Crippen molar-refractivity contribution in [2.24, 2.45) is 0 Å². The van der Waals surface area contributed by atoms with Crippen LogP contribution in [0.15, 0.2) is 59.0 Å². The number of benzene rings is 2. The van der Waals surface area contributed by atoms with Gasteiger partial charge in [0, 0.05) is 22.8 Å². The minimum absolute atomic E-state index is 0.124. The van der Waals surface area contributed by atoms with E-state index >= 15 is 0 Å². The van der Waals surface area contributed by atoms with Crippen molar-refractivity contribution in [1.82, 2.24) is 0 Å². The molecule has 2 aromatic carbocycles. The lowest BCUT2D eigenvalue weighted by Gasteiger charge is -2.09. The van der Waals surface area contributed by atoms with Crippen LogP contribution in [0.3, 0.4) is 0 Å². The van der Waals surface area contributed by atoms with E-state index in [4.69, 9.17) is 9.15 Å². The molecule has 1 aromatic heterocycles. The zero-order valence-electron chi connectivity index (χ0n) is 17.3. The van der Waals surface area contributed by atoms with Crippen molar-refractivity contribution < 1.29 is 22.3 Å². The minimum atomic E-state index is -4.35. The fraction of sp³-hybridized carbons (Fsp3) is 0.333. The maximum absolute atomic E-state index is 12.8. The van der Waals surface area contributed by atoms with Gasteiger partial charge in [0.1, 0.15) is 23.9 Å². The first-order valence-corrected chi connectivity index (χ1v) is 11.0. The Bertz CT molecular complexity index is 959. The molecule has 0 saturated carbocycles. The van der Waals surface area contributed by atoms with Crippen molar-refractivity contribution in [3.63, 3.8) is 0 Å². The molecule has 160 valence electrons. The van der Waals surface area contributed by atoms with Gasteiger partial charge in [0.15, 0.2) is 0 Å². The average molecular weight is 435 g/mol. The second kappa shape index (κ2) is 9.65. The molecule has 0 aliphatic heterocycles. The Balaban J connectivity index is 1.78. The van der Waals surface area contributed by atoms with Crippen molar-refractivity contribution in [3.05, 3.63) is 77.0 Å². The molecule has 1 heterocycles.